The molecule has 5 aromatic carbocycles. The summed E-state index contributed by atoms with van der Waals surface area (Å²) in [6.07, 6.45) is 35.5. The first-order chi connectivity index (χ1) is 42.6. The Hall–Kier alpha value is -5.44. The Bertz CT molecular complexity index is 3480. The molecular formula is C79H106N2O4S2. The number of fused-ring (bicyclic) bond motifs is 7. The smallest absolute Gasteiger partial charge is 0.259 e. The molecule has 2 aromatic heterocycles. The zero-order valence-electron chi connectivity index (χ0n) is 54.9. The second kappa shape index (κ2) is 33.4. The lowest BCUT2D eigenvalue weighted by Gasteiger charge is -2.23. The molecule has 6 nitrogen and oxygen atoms in total. The highest BCUT2D eigenvalue weighted by Crippen LogP contribution is 2.52. The summed E-state index contributed by atoms with van der Waals surface area (Å²) in [7, 11) is 0. The largest absolute Gasteiger partial charge is 0.491 e. The van der Waals surface area contributed by atoms with Gasteiger partial charge in [0.05, 0.1) is 45.1 Å². The van der Waals surface area contributed by atoms with Crippen LogP contribution in [0.5, 0.6) is 11.5 Å². The van der Waals surface area contributed by atoms with Gasteiger partial charge >= 0.3 is 0 Å². The van der Waals surface area contributed by atoms with Crippen molar-refractivity contribution in [1.82, 2.24) is 0 Å². The van der Waals surface area contributed by atoms with Crippen LogP contribution in [0.15, 0.2) is 84.9 Å². The quantitative estimate of drug-likeness (QED) is 0.0359. The molecule has 4 heterocycles. The van der Waals surface area contributed by atoms with Gasteiger partial charge in [0.25, 0.3) is 11.8 Å². The van der Waals surface area contributed by atoms with Crippen molar-refractivity contribution in [2.24, 2.45) is 11.8 Å². The molecule has 8 heteroatoms. The van der Waals surface area contributed by atoms with Gasteiger partial charge in [-0.15, -0.1) is 22.7 Å². The number of carbonyl (C=O) groups excluding carboxylic acids is 2. The molecular weight excluding hydrogens is 1110 g/mol. The summed E-state index contributed by atoms with van der Waals surface area (Å²) >= 11 is 3.63. The van der Waals surface area contributed by atoms with Gasteiger partial charge in [-0.2, -0.15) is 0 Å². The molecule has 2 amide bonds. The van der Waals surface area contributed by atoms with Gasteiger partial charge in [0, 0.05) is 54.8 Å². The summed E-state index contributed by atoms with van der Waals surface area (Å²) in [5.41, 5.74) is 7.71. The van der Waals surface area contributed by atoms with Crippen LogP contribution in [-0.4, -0.2) is 38.1 Å². The Balaban J connectivity index is 1.08. The van der Waals surface area contributed by atoms with E-state index in [0.29, 0.717) is 38.1 Å². The maximum absolute atomic E-state index is 15.5. The Morgan fingerprint density at radius 1 is 0.402 bits per heavy atom. The van der Waals surface area contributed by atoms with E-state index in [0.717, 1.165) is 125 Å². The van der Waals surface area contributed by atoms with Crippen LogP contribution in [0.2, 0.25) is 0 Å². The maximum Gasteiger partial charge on any atom is 0.259 e. The third-order valence-electron chi connectivity index (χ3n) is 19.2. The minimum Gasteiger partial charge on any atom is -0.491 e. The highest BCUT2D eigenvalue weighted by molar-refractivity contribution is 7.23. The van der Waals surface area contributed by atoms with E-state index < -0.39 is 0 Å². The Morgan fingerprint density at radius 3 is 1.25 bits per heavy atom. The highest BCUT2D eigenvalue weighted by atomic mass is 32.1. The minimum atomic E-state index is 0.0667. The zero-order valence-corrected chi connectivity index (χ0v) is 56.5. The number of benzene rings is 5. The van der Waals surface area contributed by atoms with E-state index in [1.807, 2.05) is 22.7 Å². The minimum absolute atomic E-state index is 0.0667. The monoisotopic (exact) mass is 1210 g/mol. The third kappa shape index (κ3) is 16.1. The lowest BCUT2D eigenvalue weighted by Crippen LogP contribution is -2.30. The number of amides is 2. The Morgan fingerprint density at radius 2 is 0.793 bits per heavy atom. The molecule has 0 saturated carbocycles. The maximum atomic E-state index is 15.5. The lowest BCUT2D eigenvalue weighted by molar-refractivity contribution is -0.113. The molecule has 0 N–H and O–H groups in total. The average molecular weight is 1210 g/mol. The summed E-state index contributed by atoms with van der Waals surface area (Å²) in [5.74, 6) is 3.15. The van der Waals surface area contributed by atoms with Crippen molar-refractivity contribution in [1.29, 1.82) is 0 Å². The van der Waals surface area contributed by atoms with Gasteiger partial charge in [-0.25, -0.2) is 0 Å². The molecule has 2 aliphatic heterocycles. The van der Waals surface area contributed by atoms with Crippen LogP contribution < -0.4 is 29.7 Å². The van der Waals surface area contributed by atoms with Crippen LogP contribution in [0.25, 0.3) is 52.5 Å². The summed E-state index contributed by atoms with van der Waals surface area (Å²) in [6, 6.07) is 30.8. The fourth-order valence-electron chi connectivity index (χ4n) is 13.7. The highest BCUT2D eigenvalue weighted by Gasteiger charge is 2.36. The van der Waals surface area contributed by atoms with E-state index in [1.54, 1.807) is 0 Å². The fraction of sp³-hybridized carbons (Fsp3) is 0.544. The van der Waals surface area contributed by atoms with Crippen molar-refractivity contribution < 1.29 is 19.1 Å². The van der Waals surface area contributed by atoms with E-state index in [4.69, 9.17) is 9.47 Å². The first-order valence-electron chi connectivity index (χ1n) is 35.0. The molecule has 0 radical (unpaired) electrons. The molecule has 0 fully saturated rings. The fourth-order valence-corrected chi connectivity index (χ4v) is 15.9. The van der Waals surface area contributed by atoms with Crippen LogP contribution in [0.3, 0.4) is 0 Å². The number of unbranched alkanes of at least 4 members (excludes halogenated alkanes) is 21. The molecule has 0 bridgehead atoms. The first-order valence-corrected chi connectivity index (χ1v) is 36.7. The number of aryl methyl sites for hydroxylation is 2. The van der Waals surface area contributed by atoms with Crippen LogP contribution in [0.4, 0.5) is 11.4 Å². The number of hydrogen-bond donors (Lipinski definition) is 0. The van der Waals surface area contributed by atoms with Gasteiger partial charge in [-0.1, -0.05) is 280 Å². The zero-order chi connectivity index (χ0) is 61.1. The first kappa shape index (κ1) is 66.0. The molecule has 87 heavy (non-hydrogen) atoms. The van der Waals surface area contributed by atoms with E-state index in [2.05, 4.69) is 150 Å². The molecule has 9 rings (SSSR count). The van der Waals surface area contributed by atoms with Gasteiger partial charge in [0.1, 0.15) is 11.5 Å². The van der Waals surface area contributed by atoms with E-state index >= 15 is 4.79 Å². The van der Waals surface area contributed by atoms with Crippen LogP contribution in [0, 0.1) is 25.7 Å². The van der Waals surface area contributed by atoms with Gasteiger partial charge in [-0.05, 0) is 80.2 Å². The molecule has 2 unspecified atom stereocenters. The average Bonchev–Trinajstić information content (AvgIpc) is 1.66. The van der Waals surface area contributed by atoms with E-state index in [9.17, 15) is 4.79 Å². The Labute approximate surface area is 532 Å². The van der Waals surface area contributed by atoms with Crippen molar-refractivity contribution in [3.8, 4) is 21.9 Å². The summed E-state index contributed by atoms with van der Waals surface area (Å²) in [6.45, 7) is 20.8. The van der Waals surface area contributed by atoms with Crippen LogP contribution >= 0.6 is 22.7 Å². The summed E-state index contributed by atoms with van der Waals surface area (Å²) in [4.78, 5) is 37.1. The predicted octanol–water partition coefficient (Wildman–Crippen LogP) is 22.1. The standard InChI is InChI=1S/C79H106N2O4S2/c1-9-15-19-21-23-25-27-29-31-34-50-80-72-63-47-49-66-71(79(83)81(51-35-32-30-28-26-24-22-20-16-10-2)73(66)64(63)46-48-65(72)70(78(80)82)61-40-38-56(7)39-41-61)62-44-42-60(43-45-62)69-53-68-75(85-54-58(13-5)36-18-12-4)76-67(52-57(8)86-76)74(77(68)87-69)84-55-59(14-6)37-33-17-11-3/h38-49,52-53,58-59H,9-37,50-51,54-55H2,1-8H3. The SMILES string of the molecule is CCCCCCCCCCCCN1C(=O)C(c2ccc(C)cc2)=c2ccc3c4c(ccc3c21)=C(c1ccc(-c2cc3c(OCC(CC)CCCC)c5sc(C)cc5c(OCC(CC)CCCCC)c3s2)cc1)C(=O)N4CCCCCCCCCCCC. The van der Waals surface area contributed by atoms with E-state index in [1.165, 1.54) is 168 Å². The molecule has 2 atom stereocenters. The summed E-state index contributed by atoms with van der Waals surface area (Å²) < 4.78 is 16.5. The van der Waals surface area contributed by atoms with Crippen molar-refractivity contribution in [3.05, 3.63) is 117 Å². The number of thiophene rings is 2. The lowest BCUT2D eigenvalue weighted by atomic mass is 9.98. The van der Waals surface area contributed by atoms with Crippen LogP contribution in [0.1, 0.15) is 249 Å². The topological polar surface area (TPSA) is 59.1 Å². The van der Waals surface area contributed by atoms with Crippen molar-refractivity contribution >= 4 is 88.0 Å². The Kier molecular flexibility index (Phi) is 25.3. The van der Waals surface area contributed by atoms with Gasteiger partial charge in [0.15, 0.2) is 0 Å². The number of rotatable bonds is 40. The molecule has 2 aliphatic rings. The van der Waals surface area contributed by atoms with Gasteiger partial charge in [-0.3, -0.25) is 9.59 Å². The summed E-state index contributed by atoms with van der Waals surface area (Å²) in [5, 5.41) is 6.36. The molecule has 0 spiro atoms. The van der Waals surface area contributed by atoms with Gasteiger partial charge in [0.2, 0.25) is 0 Å². The van der Waals surface area contributed by atoms with Crippen LogP contribution in [-0.2, 0) is 9.59 Å². The van der Waals surface area contributed by atoms with E-state index in [-0.39, 0.29) is 11.8 Å². The normalized spacial score (nSPS) is 14.0. The number of carbonyl (C=O) groups is 2. The second-order valence-corrected chi connectivity index (χ2v) is 28.2. The number of hydrogen-bond acceptors (Lipinski definition) is 6. The number of nitrogens with zero attached hydrogens (tertiary/aromatic N) is 2. The number of anilines is 2. The van der Waals surface area contributed by atoms with Crippen molar-refractivity contribution in [2.45, 2.75) is 242 Å². The molecule has 468 valence electrons. The van der Waals surface area contributed by atoms with Crippen molar-refractivity contribution in [3.63, 3.8) is 0 Å². The van der Waals surface area contributed by atoms with Crippen molar-refractivity contribution in [2.75, 3.05) is 36.1 Å². The third-order valence-corrected chi connectivity index (χ3v) is 21.4. The molecule has 0 aliphatic carbocycles. The number of ether oxygens (including phenoxy) is 2. The predicted molar refractivity (Wildman–Crippen MR) is 377 cm³/mol. The molecule has 7 aromatic rings. The second-order valence-electron chi connectivity index (χ2n) is 25.9. The van der Waals surface area contributed by atoms with Gasteiger partial charge < -0.3 is 19.3 Å². The molecule has 0 saturated heterocycles.